The second kappa shape index (κ2) is 13.2. The molecule has 0 atom stereocenters. The highest BCUT2D eigenvalue weighted by molar-refractivity contribution is 5.89. The molecular formula is C24H40N6O. The molecule has 172 valence electrons. The maximum absolute atomic E-state index is 12.7. The van der Waals surface area contributed by atoms with Crippen molar-refractivity contribution in [2.75, 3.05) is 59.2 Å². The predicted octanol–water partition coefficient (Wildman–Crippen LogP) is 3.46. The van der Waals surface area contributed by atoms with E-state index in [0.717, 1.165) is 55.9 Å². The molecule has 0 saturated carbocycles. The molecule has 7 heteroatoms. The molecule has 1 amide bonds. The van der Waals surface area contributed by atoms with Crippen LogP contribution < -0.4 is 5.32 Å². The van der Waals surface area contributed by atoms with Crippen LogP contribution in [0.2, 0.25) is 0 Å². The molecule has 1 heterocycles. The second-order valence-electron chi connectivity index (χ2n) is 8.38. The van der Waals surface area contributed by atoms with Crippen molar-refractivity contribution < 1.29 is 4.79 Å². The number of hydrogen-bond donors (Lipinski definition) is 1. The van der Waals surface area contributed by atoms with Crippen molar-refractivity contribution >= 4 is 22.6 Å². The fraction of sp³-hybridized carbons (Fsp3) is 0.625. The number of hydrogen-bond acceptors (Lipinski definition) is 6. The van der Waals surface area contributed by atoms with Crippen LogP contribution in [-0.4, -0.2) is 84.4 Å². The molecule has 0 radical (unpaired) electrons. The minimum absolute atomic E-state index is 0.132. The number of unbranched alkanes of at least 4 members (excludes halogenated alkanes) is 1. The standard InChI is InChI=1S/C24H40N6O/c1-6-8-17-30(7-2)18-14-23(31)29(5)19-22-26-21-13-10-9-12-20(21)24(27-22)25-15-11-16-28(3)4/h9-10,12-13H,6-8,11,14-19H2,1-5H3,(H,25,26,27). The topological polar surface area (TPSA) is 64.6 Å². The minimum atomic E-state index is 0.132. The Kier molecular flexibility index (Phi) is 10.7. The monoisotopic (exact) mass is 428 g/mol. The first-order valence-electron chi connectivity index (χ1n) is 11.5. The van der Waals surface area contributed by atoms with Gasteiger partial charge in [0.2, 0.25) is 5.91 Å². The molecule has 0 aliphatic rings. The zero-order valence-electron chi connectivity index (χ0n) is 20.0. The molecule has 1 N–H and O–H groups in total. The van der Waals surface area contributed by atoms with Crippen LogP contribution in [0.4, 0.5) is 5.82 Å². The van der Waals surface area contributed by atoms with Crippen LogP contribution in [0.25, 0.3) is 10.9 Å². The number of amides is 1. The molecule has 2 rings (SSSR count). The van der Waals surface area contributed by atoms with Crippen molar-refractivity contribution in [3.05, 3.63) is 30.1 Å². The molecule has 1 aromatic carbocycles. The van der Waals surface area contributed by atoms with E-state index >= 15 is 0 Å². The van der Waals surface area contributed by atoms with E-state index in [4.69, 9.17) is 9.97 Å². The number of benzene rings is 1. The third-order valence-electron chi connectivity index (χ3n) is 5.45. The van der Waals surface area contributed by atoms with Gasteiger partial charge in [0, 0.05) is 31.9 Å². The van der Waals surface area contributed by atoms with E-state index in [1.807, 2.05) is 31.3 Å². The Balaban J connectivity index is 2.01. The molecule has 31 heavy (non-hydrogen) atoms. The van der Waals surface area contributed by atoms with Crippen LogP contribution in [0, 0.1) is 0 Å². The Morgan fingerprint density at radius 1 is 1.00 bits per heavy atom. The van der Waals surface area contributed by atoms with E-state index in [9.17, 15) is 4.79 Å². The van der Waals surface area contributed by atoms with Crippen LogP contribution in [0.3, 0.4) is 0 Å². The van der Waals surface area contributed by atoms with Crippen LogP contribution in [0.5, 0.6) is 0 Å². The lowest BCUT2D eigenvalue weighted by Crippen LogP contribution is -2.33. The van der Waals surface area contributed by atoms with Gasteiger partial charge >= 0.3 is 0 Å². The molecule has 0 unspecified atom stereocenters. The van der Waals surface area contributed by atoms with E-state index in [1.54, 1.807) is 4.90 Å². The molecule has 2 aromatic rings. The summed E-state index contributed by atoms with van der Waals surface area (Å²) in [6.07, 6.45) is 3.91. The lowest BCUT2D eigenvalue weighted by atomic mass is 10.2. The molecule has 0 fully saturated rings. The van der Waals surface area contributed by atoms with Gasteiger partial charge < -0.3 is 20.0 Å². The number of carbonyl (C=O) groups excluding carboxylic acids is 1. The van der Waals surface area contributed by atoms with Gasteiger partial charge in [-0.2, -0.15) is 0 Å². The molecule has 0 bridgehead atoms. The van der Waals surface area contributed by atoms with Crippen LogP contribution in [-0.2, 0) is 11.3 Å². The Bertz CT molecular complexity index is 810. The van der Waals surface area contributed by atoms with Gasteiger partial charge in [0.25, 0.3) is 0 Å². The van der Waals surface area contributed by atoms with E-state index in [2.05, 4.69) is 43.1 Å². The lowest BCUT2D eigenvalue weighted by Gasteiger charge is -2.22. The van der Waals surface area contributed by atoms with Gasteiger partial charge in [-0.05, 0) is 58.7 Å². The number of anilines is 1. The Morgan fingerprint density at radius 3 is 2.48 bits per heavy atom. The van der Waals surface area contributed by atoms with Crippen LogP contribution >= 0.6 is 0 Å². The summed E-state index contributed by atoms with van der Waals surface area (Å²) in [5.41, 5.74) is 0.903. The van der Waals surface area contributed by atoms with Crippen molar-refractivity contribution in [1.29, 1.82) is 0 Å². The predicted molar refractivity (Wildman–Crippen MR) is 129 cm³/mol. The fourth-order valence-corrected chi connectivity index (χ4v) is 3.49. The smallest absolute Gasteiger partial charge is 0.224 e. The van der Waals surface area contributed by atoms with Gasteiger partial charge in [-0.1, -0.05) is 32.4 Å². The SMILES string of the molecule is CCCCN(CC)CCC(=O)N(C)Cc1nc(NCCCN(C)C)c2ccccc2n1. The number of para-hydroxylation sites is 1. The number of rotatable bonds is 14. The van der Waals surface area contributed by atoms with Crippen LogP contribution in [0.15, 0.2) is 24.3 Å². The molecule has 0 spiro atoms. The third kappa shape index (κ3) is 8.42. The summed E-state index contributed by atoms with van der Waals surface area (Å²) >= 11 is 0. The highest BCUT2D eigenvalue weighted by Crippen LogP contribution is 2.20. The third-order valence-corrected chi connectivity index (χ3v) is 5.45. The zero-order chi connectivity index (χ0) is 22.6. The van der Waals surface area contributed by atoms with Crippen molar-refractivity contribution in [2.45, 2.75) is 46.1 Å². The number of fused-ring (bicyclic) bond motifs is 1. The summed E-state index contributed by atoms with van der Waals surface area (Å²) < 4.78 is 0. The summed E-state index contributed by atoms with van der Waals surface area (Å²) in [5, 5.41) is 4.48. The molecule has 7 nitrogen and oxygen atoms in total. The average Bonchev–Trinajstić information content (AvgIpc) is 2.76. The van der Waals surface area contributed by atoms with Crippen molar-refractivity contribution in [3.8, 4) is 0 Å². The molecule has 1 aromatic heterocycles. The first-order chi connectivity index (χ1) is 14.9. The Morgan fingerprint density at radius 2 is 1.77 bits per heavy atom. The van der Waals surface area contributed by atoms with Gasteiger partial charge in [0.15, 0.2) is 5.82 Å². The summed E-state index contributed by atoms with van der Waals surface area (Å²) in [6, 6.07) is 8.03. The Labute approximate surface area is 187 Å². The maximum Gasteiger partial charge on any atom is 0.224 e. The average molecular weight is 429 g/mol. The quantitative estimate of drug-likeness (QED) is 0.465. The van der Waals surface area contributed by atoms with Crippen molar-refractivity contribution in [2.24, 2.45) is 0 Å². The minimum Gasteiger partial charge on any atom is -0.369 e. The molecule has 0 saturated heterocycles. The van der Waals surface area contributed by atoms with E-state index < -0.39 is 0 Å². The van der Waals surface area contributed by atoms with Gasteiger partial charge in [-0.15, -0.1) is 0 Å². The summed E-state index contributed by atoms with van der Waals surface area (Å²) in [7, 11) is 6.00. The lowest BCUT2D eigenvalue weighted by molar-refractivity contribution is -0.130. The van der Waals surface area contributed by atoms with Crippen molar-refractivity contribution in [3.63, 3.8) is 0 Å². The normalized spacial score (nSPS) is 11.5. The second-order valence-corrected chi connectivity index (χ2v) is 8.38. The highest BCUT2D eigenvalue weighted by Gasteiger charge is 2.14. The van der Waals surface area contributed by atoms with Gasteiger partial charge in [-0.25, -0.2) is 9.97 Å². The molecule has 0 aliphatic heterocycles. The van der Waals surface area contributed by atoms with Gasteiger partial charge in [0.1, 0.15) is 5.82 Å². The van der Waals surface area contributed by atoms with Crippen LogP contribution in [0.1, 0.15) is 45.4 Å². The number of carbonyl (C=O) groups is 1. The van der Waals surface area contributed by atoms with E-state index in [0.29, 0.717) is 18.8 Å². The first kappa shape index (κ1) is 25.0. The number of aromatic nitrogens is 2. The van der Waals surface area contributed by atoms with Gasteiger partial charge in [0.05, 0.1) is 12.1 Å². The van der Waals surface area contributed by atoms with E-state index in [1.165, 1.54) is 12.8 Å². The first-order valence-corrected chi connectivity index (χ1v) is 11.5. The highest BCUT2D eigenvalue weighted by atomic mass is 16.2. The summed E-state index contributed by atoms with van der Waals surface area (Å²) in [5.74, 6) is 1.65. The summed E-state index contributed by atoms with van der Waals surface area (Å²) in [4.78, 5) is 28.4. The van der Waals surface area contributed by atoms with Gasteiger partial charge in [-0.3, -0.25) is 4.79 Å². The fourth-order valence-electron chi connectivity index (χ4n) is 3.49. The molecular weight excluding hydrogens is 388 g/mol. The number of nitrogens with zero attached hydrogens (tertiary/aromatic N) is 5. The summed E-state index contributed by atoms with van der Waals surface area (Å²) in [6.45, 7) is 9.47. The van der Waals surface area contributed by atoms with E-state index in [-0.39, 0.29) is 5.91 Å². The van der Waals surface area contributed by atoms with Crippen molar-refractivity contribution in [1.82, 2.24) is 24.7 Å². The zero-order valence-corrected chi connectivity index (χ0v) is 20.0. The Hall–Kier alpha value is -2.25. The molecule has 0 aliphatic carbocycles. The maximum atomic E-state index is 12.7. The largest absolute Gasteiger partial charge is 0.369 e. The number of nitrogens with one attached hydrogen (secondary N) is 1.